The highest BCUT2D eigenvalue weighted by atomic mass is 19.4. The van der Waals surface area contributed by atoms with Crippen molar-refractivity contribution in [2.45, 2.75) is 20.0 Å². The summed E-state index contributed by atoms with van der Waals surface area (Å²) >= 11 is 0. The second-order valence-corrected chi connectivity index (χ2v) is 5.56. The van der Waals surface area contributed by atoms with Crippen LogP contribution in [0.2, 0.25) is 0 Å². The van der Waals surface area contributed by atoms with Crippen molar-refractivity contribution in [3.63, 3.8) is 0 Å². The first-order chi connectivity index (χ1) is 11.7. The van der Waals surface area contributed by atoms with E-state index in [9.17, 15) is 23.2 Å². The van der Waals surface area contributed by atoms with Crippen molar-refractivity contribution in [2.75, 3.05) is 5.32 Å². The number of carbonyl (C=O) groups excluding carboxylic acids is 1. The minimum absolute atomic E-state index is 0.195. The Hall–Kier alpha value is -3.07. The number of benzene rings is 2. The lowest BCUT2D eigenvalue weighted by molar-refractivity contribution is -0.137. The summed E-state index contributed by atoms with van der Waals surface area (Å²) < 4.78 is 37.7. The number of nitrogens with one attached hydrogen (secondary N) is 1. The third-order valence-corrected chi connectivity index (χ3v) is 3.54. The van der Waals surface area contributed by atoms with Crippen molar-refractivity contribution in [1.82, 2.24) is 0 Å². The Morgan fingerprint density at radius 1 is 1.12 bits per heavy atom. The van der Waals surface area contributed by atoms with Crippen LogP contribution in [0, 0.1) is 25.2 Å². The molecule has 0 aliphatic rings. The maximum absolute atomic E-state index is 12.6. The number of nitrogens with zero attached hydrogens (tertiary/aromatic N) is 1. The SMILES string of the molecule is Cc1ccc(NC(=O)/C(C#N)=C/c2ccc(C(F)(F)F)cc2)c(C)c1. The molecule has 1 amide bonds. The van der Waals surface area contributed by atoms with Crippen LogP contribution >= 0.6 is 0 Å². The van der Waals surface area contributed by atoms with Gasteiger partial charge in [0.2, 0.25) is 0 Å². The Morgan fingerprint density at radius 3 is 2.28 bits per heavy atom. The largest absolute Gasteiger partial charge is 0.416 e. The summed E-state index contributed by atoms with van der Waals surface area (Å²) in [7, 11) is 0. The van der Waals surface area contributed by atoms with Crippen LogP contribution in [0.25, 0.3) is 6.08 Å². The Balaban J connectivity index is 2.22. The summed E-state index contributed by atoms with van der Waals surface area (Å²) in [5, 5.41) is 11.8. The maximum Gasteiger partial charge on any atom is 0.416 e. The summed E-state index contributed by atoms with van der Waals surface area (Å²) in [6.07, 6.45) is -3.18. The van der Waals surface area contributed by atoms with Crippen molar-refractivity contribution >= 4 is 17.7 Å². The van der Waals surface area contributed by atoms with E-state index < -0.39 is 17.6 Å². The molecule has 2 rings (SSSR count). The van der Waals surface area contributed by atoms with E-state index in [1.807, 2.05) is 26.0 Å². The Bertz CT molecular complexity index is 860. The highest BCUT2D eigenvalue weighted by Gasteiger charge is 2.29. The van der Waals surface area contributed by atoms with Gasteiger partial charge < -0.3 is 5.32 Å². The summed E-state index contributed by atoms with van der Waals surface area (Å²) in [5.74, 6) is -0.616. The van der Waals surface area contributed by atoms with Crippen molar-refractivity contribution in [1.29, 1.82) is 5.26 Å². The summed E-state index contributed by atoms with van der Waals surface area (Å²) in [6, 6.07) is 11.5. The molecule has 0 aliphatic heterocycles. The van der Waals surface area contributed by atoms with Gasteiger partial charge in [-0.15, -0.1) is 0 Å². The zero-order valence-electron chi connectivity index (χ0n) is 13.6. The molecule has 25 heavy (non-hydrogen) atoms. The lowest BCUT2D eigenvalue weighted by Gasteiger charge is -2.09. The smallest absolute Gasteiger partial charge is 0.321 e. The van der Waals surface area contributed by atoms with Crippen molar-refractivity contribution in [2.24, 2.45) is 0 Å². The number of alkyl halides is 3. The van der Waals surface area contributed by atoms with Crippen LogP contribution in [-0.4, -0.2) is 5.91 Å². The molecule has 0 bridgehead atoms. The quantitative estimate of drug-likeness (QED) is 0.638. The van der Waals surface area contributed by atoms with Crippen LogP contribution in [-0.2, 0) is 11.0 Å². The maximum atomic E-state index is 12.6. The predicted octanol–water partition coefficient (Wildman–Crippen LogP) is 4.87. The molecular weight excluding hydrogens is 329 g/mol. The van der Waals surface area contributed by atoms with E-state index in [2.05, 4.69) is 5.32 Å². The number of halogens is 3. The third kappa shape index (κ3) is 4.70. The van der Waals surface area contributed by atoms with Gasteiger partial charge in [-0.3, -0.25) is 4.79 Å². The number of hydrogen-bond acceptors (Lipinski definition) is 2. The zero-order chi connectivity index (χ0) is 18.6. The van der Waals surface area contributed by atoms with Gasteiger partial charge in [0, 0.05) is 5.69 Å². The normalized spacial score (nSPS) is 11.8. The number of anilines is 1. The Labute approximate surface area is 143 Å². The van der Waals surface area contributed by atoms with Crippen molar-refractivity contribution in [3.05, 3.63) is 70.3 Å². The first-order valence-electron chi connectivity index (χ1n) is 7.38. The molecule has 0 unspecified atom stereocenters. The molecule has 128 valence electrons. The number of rotatable bonds is 3. The van der Waals surface area contributed by atoms with E-state index >= 15 is 0 Å². The van der Waals surface area contributed by atoms with Gasteiger partial charge in [-0.05, 0) is 49.2 Å². The van der Waals surface area contributed by atoms with Crippen LogP contribution in [0.1, 0.15) is 22.3 Å². The molecule has 0 aromatic heterocycles. The van der Waals surface area contributed by atoms with E-state index in [-0.39, 0.29) is 5.57 Å². The fraction of sp³-hybridized carbons (Fsp3) is 0.158. The fourth-order valence-electron chi connectivity index (χ4n) is 2.23. The van der Waals surface area contributed by atoms with Gasteiger partial charge in [-0.1, -0.05) is 29.8 Å². The molecule has 0 fully saturated rings. The lowest BCUT2D eigenvalue weighted by atomic mass is 10.1. The van der Waals surface area contributed by atoms with Gasteiger partial charge in [0.15, 0.2) is 0 Å². The topological polar surface area (TPSA) is 52.9 Å². The van der Waals surface area contributed by atoms with Crippen molar-refractivity contribution in [3.8, 4) is 6.07 Å². The molecule has 0 heterocycles. The molecule has 0 aliphatic carbocycles. The molecule has 3 nitrogen and oxygen atoms in total. The molecule has 0 saturated carbocycles. The zero-order valence-corrected chi connectivity index (χ0v) is 13.6. The minimum atomic E-state index is -4.43. The number of amides is 1. The number of carbonyl (C=O) groups is 1. The highest BCUT2D eigenvalue weighted by Crippen LogP contribution is 2.29. The predicted molar refractivity (Wildman–Crippen MR) is 89.6 cm³/mol. The fourth-order valence-corrected chi connectivity index (χ4v) is 2.23. The summed E-state index contributed by atoms with van der Waals surface area (Å²) in [4.78, 5) is 12.2. The average molecular weight is 344 g/mol. The first kappa shape index (κ1) is 18.3. The second-order valence-electron chi connectivity index (χ2n) is 5.56. The average Bonchev–Trinajstić information content (AvgIpc) is 2.54. The molecule has 6 heteroatoms. The van der Waals surface area contributed by atoms with Gasteiger partial charge in [0.05, 0.1) is 5.56 Å². The van der Waals surface area contributed by atoms with Gasteiger partial charge in [-0.25, -0.2) is 0 Å². The van der Waals surface area contributed by atoms with E-state index in [1.54, 1.807) is 12.1 Å². The minimum Gasteiger partial charge on any atom is -0.321 e. The molecule has 2 aromatic rings. The van der Waals surface area contributed by atoms with Crippen LogP contribution in [0.5, 0.6) is 0 Å². The number of aryl methyl sites for hydroxylation is 2. The summed E-state index contributed by atoms with van der Waals surface area (Å²) in [5.41, 5.74) is 1.81. The second kappa shape index (κ2) is 7.22. The van der Waals surface area contributed by atoms with Crippen LogP contribution in [0.15, 0.2) is 48.0 Å². The molecular formula is C19H15F3N2O. The van der Waals surface area contributed by atoms with Crippen LogP contribution in [0.3, 0.4) is 0 Å². The standard InChI is InChI=1S/C19H15F3N2O/c1-12-3-8-17(13(2)9-12)24-18(25)15(11-23)10-14-4-6-16(7-5-14)19(20,21)22/h3-10H,1-2H3,(H,24,25)/b15-10+. The van der Waals surface area contributed by atoms with E-state index in [1.165, 1.54) is 18.2 Å². The monoisotopic (exact) mass is 344 g/mol. The number of nitriles is 1. The summed E-state index contributed by atoms with van der Waals surface area (Å²) in [6.45, 7) is 3.75. The Kier molecular flexibility index (Phi) is 5.28. The van der Waals surface area contributed by atoms with Crippen LogP contribution in [0.4, 0.5) is 18.9 Å². The van der Waals surface area contributed by atoms with Gasteiger partial charge in [0.1, 0.15) is 11.6 Å². The molecule has 0 saturated heterocycles. The molecule has 0 radical (unpaired) electrons. The molecule has 0 spiro atoms. The van der Waals surface area contributed by atoms with E-state index in [4.69, 9.17) is 0 Å². The van der Waals surface area contributed by atoms with E-state index in [0.29, 0.717) is 11.3 Å². The van der Waals surface area contributed by atoms with Crippen LogP contribution < -0.4 is 5.32 Å². The molecule has 0 atom stereocenters. The highest BCUT2D eigenvalue weighted by molar-refractivity contribution is 6.09. The Morgan fingerprint density at radius 2 is 1.76 bits per heavy atom. The lowest BCUT2D eigenvalue weighted by Crippen LogP contribution is -2.14. The third-order valence-electron chi connectivity index (χ3n) is 3.54. The van der Waals surface area contributed by atoms with Crippen molar-refractivity contribution < 1.29 is 18.0 Å². The van der Waals surface area contributed by atoms with Gasteiger partial charge >= 0.3 is 6.18 Å². The van der Waals surface area contributed by atoms with Gasteiger partial charge in [-0.2, -0.15) is 18.4 Å². The first-order valence-corrected chi connectivity index (χ1v) is 7.38. The van der Waals surface area contributed by atoms with Gasteiger partial charge in [0.25, 0.3) is 5.91 Å². The van der Waals surface area contributed by atoms with E-state index in [0.717, 1.165) is 23.3 Å². The molecule has 1 N–H and O–H groups in total. The number of hydrogen-bond donors (Lipinski definition) is 1. The molecule has 2 aromatic carbocycles.